The van der Waals surface area contributed by atoms with Gasteiger partial charge in [-0.05, 0) is 68.8 Å². The highest BCUT2D eigenvalue weighted by Gasteiger charge is 2.10. The lowest BCUT2D eigenvalue weighted by Gasteiger charge is -2.21. The summed E-state index contributed by atoms with van der Waals surface area (Å²) in [7, 11) is 0. The van der Waals surface area contributed by atoms with Crippen molar-refractivity contribution in [3.63, 3.8) is 0 Å². The highest BCUT2D eigenvalue weighted by atomic mass is 14.9. The Hall–Kier alpha value is -1.08. The normalized spacial score (nSPS) is 17.8. The van der Waals surface area contributed by atoms with Crippen LogP contribution in [0.3, 0.4) is 0 Å². The predicted octanol–water partition coefficient (Wildman–Crippen LogP) is 3.71. The van der Waals surface area contributed by atoms with Crippen LogP contribution in [0.5, 0.6) is 0 Å². The molecule has 0 atom stereocenters. The van der Waals surface area contributed by atoms with E-state index in [9.17, 15) is 0 Å². The molecule has 1 aliphatic heterocycles. The van der Waals surface area contributed by atoms with E-state index in [1.54, 1.807) is 0 Å². The number of rotatable bonds is 3. The first kappa shape index (κ1) is 12.4. The van der Waals surface area contributed by atoms with Gasteiger partial charge in [-0.15, -0.1) is 0 Å². The van der Waals surface area contributed by atoms with Crippen LogP contribution in [-0.4, -0.2) is 13.1 Å². The highest BCUT2D eigenvalue weighted by molar-refractivity contribution is 5.57. The minimum Gasteiger partial charge on any atom is -0.317 e. The van der Waals surface area contributed by atoms with E-state index in [0.29, 0.717) is 0 Å². The van der Waals surface area contributed by atoms with Gasteiger partial charge < -0.3 is 5.32 Å². The van der Waals surface area contributed by atoms with Crippen LogP contribution in [0.1, 0.15) is 36.0 Å². The Balaban J connectivity index is 1.95. The van der Waals surface area contributed by atoms with Crippen LogP contribution in [-0.2, 0) is 0 Å². The summed E-state index contributed by atoms with van der Waals surface area (Å²) in [6.07, 6.45) is 8.57. The number of aryl methyl sites for hydroxylation is 2. The summed E-state index contributed by atoms with van der Waals surface area (Å²) < 4.78 is 0. The van der Waals surface area contributed by atoms with Crippen molar-refractivity contribution < 1.29 is 0 Å². The van der Waals surface area contributed by atoms with Crippen molar-refractivity contribution in [3.8, 4) is 0 Å². The van der Waals surface area contributed by atoms with Crippen molar-refractivity contribution in [1.29, 1.82) is 0 Å². The van der Waals surface area contributed by atoms with E-state index in [1.807, 2.05) is 0 Å². The third-order valence-electron chi connectivity index (χ3n) is 3.75. The zero-order valence-corrected chi connectivity index (χ0v) is 11.0. The summed E-state index contributed by atoms with van der Waals surface area (Å²) in [5.74, 6) is 0.886. The van der Waals surface area contributed by atoms with E-state index < -0.39 is 0 Å². The smallest absolute Gasteiger partial charge is 0.00462 e. The van der Waals surface area contributed by atoms with Crippen LogP contribution in [0, 0.1) is 19.8 Å². The van der Waals surface area contributed by atoms with Gasteiger partial charge in [0.05, 0.1) is 0 Å². The van der Waals surface area contributed by atoms with Gasteiger partial charge in [-0.3, -0.25) is 0 Å². The van der Waals surface area contributed by atoms with Crippen molar-refractivity contribution >= 4 is 6.08 Å². The summed E-state index contributed by atoms with van der Waals surface area (Å²) in [6, 6.07) is 6.52. The largest absolute Gasteiger partial charge is 0.317 e. The van der Waals surface area contributed by atoms with Gasteiger partial charge in [0.15, 0.2) is 0 Å². The zero-order valence-electron chi connectivity index (χ0n) is 11.0. The minimum absolute atomic E-state index is 0.886. The number of allylic oxidation sites excluding steroid dienone is 1. The summed E-state index contributed by atoms with van der Waals surface area (Å²) in [5.41, 5.74) is 4.17. The van der Waals surface area contributed by atoms with Gasteiger partial charge in [0.25, 0.3) is 0 Å². The van der Waals surface area contributed by atoms with Gasteiger partial charge >= 0.3 is 0 Å². The second kappa shape index (κ2) is 6.02. The third kappa shape index (κ3) is 3.44. The van der Waals surface area contributed by atoms with Crippen LogP contribution in [0.25, 0.3) is 6.08 Å². The summed E-state index contributed by atoms with van der Waals surface area (Å²) in [6.45, 7) is 6.78. The first-order chi connectivity index (χ1) is 8.27. The van der Waals surface area contributed by atoms with E-state index in [0.717, 1.165) is 5.92 Å². The van der Waals surface area contributed by atoms with Gasteiger partial charge in [-0.2, -0.15) is 0 Å². The summed E-state index contributed by atoms with van der Waals surface area (Å²) in [4.78, 5) is 0. The van der Waals surface area contributed by atoms with Crippen LogP contribution >= 0.6 is 0 Å². The van der Waals surface area contributed by atoms with E-state index in [1.165, 1.54) is 49.0 Å². The van der Waals surface area contributed by atoms with Crippen molar-refractivity contribution in [2.75, 3.05) is 13.1 Å². The molecule has 2 rings (SSSR count). The van der Waals surface area contributed by atoms with E-state index in [2.05, 4.69) is 49.5 Å². The molecule has 1 saturated heterocycles. The first-order valence-corrected chi connectivity index (χ1v) is 6.71. The fourth-order valence-electron chi connectivity index (χ4n) is 2.59. The average molecular weight is 229 g/mol. The predicted molar refractivity (Wildman–Crippen MR) is 75.2 cm³/mol. The number of hydrogen-bond donors (Lipinski definition) is 1. The van der Waals surface area contributed by atoms with Crippen molar-refractivity contribution in [2.45, 2.75) is 33.1 Å². The van der Waals surface area contributed by atoms with Gasteiger partial charge in [0.1, 0.15) is 0 Å². The van der Waals surface area contributed by atoms with Crippen LogP contribution in [0.4, 0.5) is 0 Å². The highest BCUT2D eigenvalue weighted by Crippen LogP contribution is 2.19. The average Bonchev–Trinajstić information content (AvgIpc) is 2.34. The maximum absolute atomic E-state index is 3.42. The van der Waals surface area contributed by atoms with Crippen molar-refractivity contribution in [2.24, 2.45) is 5.92 Å². The Kier molecular flexibility index (Phi) is 4.38. The minimum atomic E-state index is 0.886. The van der Waals surface area contributed by atoms with Crippen molar-refractivity contribution in [3.05, 3.63) is 41.0 Å². The molecule has 1 heterocycles. The molecule has 0 saturated carbocycles. The summed E-state index contributed by atoms with van der Waals surface area (Å²) >= 11 is 0. The Morgan fingerprint density at radius 1 is 1.18 bits per heavy atom. The number of hydrogen-bond acceptors (Lipinski definition) is 1. The lowest BCUT2D eigenvalue weighted by atomic mass is 9.93. The molecule has 17 heavy (non-hydrogen) atoms. The SMILES string of the molecule is Cc1cccc(C)c1/C=C/CC1CCNCC1. The van der Waals surface area contributed by atoms with E-state index in [-0.39, 0.29) is 0 Å². The molecule has 1 nitrogen and oxygen atoms in total. The topological polar surface area (TPSA) is 12.0 Å². The molecule has 0 bridgehead atoms. The van der Waals surface area contributed by atoms with E-state index in [4.69, 9.17) is 0 Å². The van der Waals surface area contributed by atoms with Gasteiger partial charge in [0, 0.05) is 0 Å². The monoisotopic (exact) mass is 229 g/mol. The zero-order chi connectivity index (χ0) is 12.1. The molecule has 1 aromatic carbocycles. The van der Waals surface area contributed by atoms with Gasteiger partial charge in [-0.1, -0.05) is 30.4 Å². The molecule has 0 amide bonds. The maximum Gasteiger partial charge on any atom is -0.00462 e. The molecule has 1 aliphatic rings. The quantitative estimate of drug-likeness (QED) is 0.833. The van der Waals surface area contributed by atoms with Crippen molar-refractivity contribution in [1.82, 2.24) is 5.32 Å². The van der Waals surface area contributed by atoms with Gasteiger partial charge in [0.2, 0.25) is 0 Å². The molecule has 0 radical (unpaired) electrons. The van der Waals surface area contributed by atoms with E-state index >= 15 is 0 Å². The molecule has 1 aromatic rings. The molecule has 0 unspecified atom stereocenters. The lowest BCUT2D eigenvalue weighted by Crippen LogP contribution is -2.27. The second-order valence-corrected chi connectivity index (χ2v) is 5.14. The molecule has 92 valence electrons. The maximum atomic E-state index is 3.42. The van der Waals surface area contributed by atoms with Crippen LogP contribution in [0.2, 0.25) is 0 Å². The molecular formula is C16H23N. The lowest BCUT2D eigenvalue weighted by molar-refractivity contribution is 0.378. The number of nitrogens with one attached hydrogen (secondary N) is 1. The van der Waals surface area contributed by atoms with Gasteiger partial charge in [-0.25, -0.2) is 0 Å². The molecule has 0 aromatic heterocycles. The molecule has 0 aliphatic carbocycles. The Morgan fingerprint density at radius 2 is 1.82 bits per heavy atom. The molecular weight excluding hydrogens is 206 g/mol. The second-order valence-electron chi connectivity index (χ2n) is 5.14. The summed E-state index contributed by atoms with van der Waals surface area (Å²) in [5, 5.41) is 3.42. The standard InChI is InChI=1S/C16H23N/c1-13-5-3-6-14(2)16(13)8-4-7-15-9-11-17-12-10-15/h3-6,8,15,17H,7,9-12H2,1-2H3/b8-4+. The number of benzene rings is 1. The third-order valence-corrected chi connectivity index (χ3v) is 3.75. The Bertz CT molecular complexity index is 366. The molecule has 1 heteroatoms. The first-order valence-electron chi connectivity index (χ1n) is 6.71. The molecule has 0 spiro atoms. The molecule has 1 fully saturated rings. The van der Waals surface area contributed by atoms with Crippen LogP contribution < -0.4 is 5.32 Å². The number of piperidine rings is 1. The Morgan fingerprint density at radius 3 is 2.47 bits per heavy atom. The van der Waals surface area contributed by atoms with Crippen LogP contribution in [0.15, 0.2) is 24.3 Å². The fraction of sp³-hybridized carbons (Fsp3) is 0.500. The fourth-order valence-corrected chi connectivity index (χ4v) is 2.59. The Labute approximate surface area is 105 Å². The molecule has 1 N–H and O–H groups in total.